The fraction of sp³-hybridized carbons (Fsp3) is 0.778. The summed E-state index contributed by atoms with van der Waals surface area (Å²) in [5, 5.41) is 8.81. The second kappa shape index (κ2) is 4.61. The zero-order chi connectivity index (χ0) is 10.6. The maximum Gasteiger partial charge on any atom is 0.237 e. The minimum Gasteiger partial charge on any atom is -0.327 e. The molecule has 0 saturated heterocycles. The molecule has 1 amide bonds. The third-order valence-electron chi connectivity index (χ3n) is 2.07. The topological polar surface area (TPSA) is 44.1 Å². The van der Waals surface area contributed by atoms with Gasteiger partial charge in [-0.2, -0.15) is 5.26 Å². The van der Waals surface area contributed by atoms with E-state index in [-0.39, 0.29) is 10.7 Å². The van der Waals surface area contributed by atoms with E-state index in [0.717, 1.165) is 6.42 Å². The highest BCUT2D eigenvalue weighted by Crippen LogP contribution is 2.16. The molecule has 4 heteroatoms. The Labute approximate surface area is 87.8 Å². The number of amides is 1. The highest BCUT2D eigenvalue weighted by atomic mass is 79.9. The predicted octanol–water partition coefficient (Wildman–Crippen LogP) is 1.92. The number of halogens is 1. The predicted molar refractivity (Wildman–Crippen MR) is 55.5 cm³/mol. The normalized spacial score (nSPS) is 13.2. The van der Waals surface area contributed by atoms with Gasteiger partial charge in [-0.15, -0.1) is 0 Å². The maximum absolute atomic E-state index is 11.6. The molecule has 0 radical (unpaired) electrons. The van der Waals surface area contributed by atoms with Crippen LogP contribution in [0.3, 0.4) is 0 Å². The van der Waals surface area contributed by atoms with Crippen LogP contribution in [0.1, 0.15) is 27.2 Å². The van der Waals surface area contributed by atoms with Crippen molar-refractivity contribution in [3.63, 3.8) is 0 Å². The molecular weight excluding hydrogens is 232 g/mol. The third-order valence-corrected chi connectivity index (χ3v) is 3.11. The van der Waals surface area contributed by atoms with Crippen molar-refractivity contribution < 1.29 is 4.79 Å². The number of nitriles is 1. The zero-order valence-corrected chi connectivity index (χ0v) is 10.1. The second-order valence-electron chi connectivity index (χ2n) is 3.44. The third kappa shape index (κ3) is 3.00. The van der Waals surface area contributed by atoms with Crippen molar-refractivity contribution in [3.05, 3.63) is 0 Å². The Balaban J connectivity index is 4.54. The lowest BCUT2D eigenvalue weighted by molar-refractivity contribution is -0.132. The molecule has 0 rings (SSSR count). The van der Waals surface area contributed by atoms with Crippen LogP contribution in [0.4, 0.5) is 0 Å². The lowest BCUT2D eigenvalue weighted by Gasteiger charge is -2.30. The quantitative estimate of drug-likeness (QED) is 0.715. The number of hydrogen-bond acceptors (Lipinski definition) is 2. The molecule has 0 spiro atoms. The van der Waals surface area contributed by atoms with Crippen molar-refractivity contribution in [2.24, 2.45) is 0 Å². The Bertz CT molecular complexity index is 232. The SMILES string of the molecule is CCC(Br)C(=O)N(C)C(C)(C)C#N. The Morgan fingerprint density at radius 3 is 2.46 bits per heavy atom. The fourth-order valence-electron chi connectivity index (χ4n) is 0.735. The lowest BCUT2D eigenvalue weighted by atomic mass is 10.1. The minimum absolute atomic E-state index is 0.0472. The molecule has 0 fully saturated rings. The first-order valence-electron chi connectivity index (χ1n) is 4.19. The van der Waals surface area contributed by atoms with Gasteiger partial charge in [0.15, 0.2) is 0 Å². The first kappa shape index (κ1) is 12.4. The highest BCUT2D eigenvalue weighted by Gasteiger charge is 2.29. The summed E-state index contributed by atoms with van der Waals surface area (Å²) < 4.78 is 0. The number of hydrogen-bond donors (Lipinski definition) is 0. The van der Waals surface area contributed by atoms with Crippen molar-refractivity contribution >= 4 is 21.8 Å². The van der Waals surface area contributed by atoms with Crippen molar-refractivity contribution in [2.75, 3.05) is 7.05 Å². The van der Waals surface area contributed by atoms with E-state index in [4.69, 9.17) is 5.26 Å². The molecule has 1 atom stereocenters. The van der Waals surface area contributed by atoms with E-state index in [2.05, 4.69) is 22.0 Å². The van der Waals surface area contributed by atoms with E-state index in [9.17, 15) is 4.79 Å². The van der Waals surface area contributed by atoms with Gasteiger partial charge in [0.2, 0.25) is 5.91 Å². The lowest BCUT2D eigenvalue weighted by Crippen LogP contribution is -2.46. The Hall–Kier alpha value is -0.560. The van der Waals surface area contributed by atoms with Gasteiger partial charge in [0, 0.05) is 7.05 Å². The molecule has 13 heavy (non-hydrogen) atoms. The molecule has 0 N–H and O–H groups in total. The molecule has 0 aromatic rings. The van der Waals surface area contributed by atoms with Crippen molar-refractivity contribution in [1.29, 1.82) is 5.26 Å². The summed E-state index contributed by atoms with van der Waals surface area (Å²) in [7, 11) is 1.65. The molecule has 0 aliphatic rings. The molecule has 0 aromatic heterocycles. The Morgan fingerprint density at radius 2 is 2.15 bits per heavy atom. The van der Waals surface area contributed by atoms with E-state index in [1.165, 1.54) is 4.90 Å². The standard InChI is InChI=1S/C9H15BrN2O/c1-5-7(10)8(13)12(4)9(2,3)6-11/h7H,5H2,1-4H3. The average molecular weight is 247 g/mol. The Kier molecular flexibility index (Phi) is 4.41. The summed E-state index contributed by atoms with van der Waals surface area (Å²) >= 11 is 3.26. The van der Waals surface area contributed by atoms with Gasteiger partial charge < -0.3 is 4.90 Å². The van der Waals surface area contributed by atoms with Crippen LogP contribution in [-0.4, -0.2) is 28.2 Å². The van der Waals surface area contributed by atoms with Crippen LogP contribution in [0, 0.1) is 11.3 Å². The molecule has 0 aliphatic carbocycles. The van der Waals surface area contributed by atoms with Crippen LogP contribution < -0.4 is 0 Å². The fourth-order valence-corrected chi connectivity index (χ4v) is 1.04. The van der Waals surface area contributed by atoms with Crippen LogP contribution >= 0.6 is 15.9 Å². The second-order valence-corrected chi connectivity index (χ2v) is 4.55. The maximum atomic E-state index is 11.6. The van der Waals surface area contributed by atoms with Gasteiger partial charge in [-0.25, -0.2) is 0 Å². The molecule has 0 aromatic carbocycles. The van der Waals surface area contributed by atoms with Gasteiger partial charge in [0.05, 0.1) is 10.9 Å². The molecule has 3 nitrogen and oxygen atoms in total. The Morgan fingerprint density at radius 1 is 1.69 bits per heavy atom. The number of carbonyl (C=O) groups is 1. The van der Waals surface area contributed by atoms with E-state index < -0.39 is 5.54 Å². The van der Waals surface area contributed by atoms with Crippen molar-refractivity contribution in [1.82, 2.24) is 4.90 Å². The van der Waals surface area contributed by atoms with Gasteiger partial charge in [-0.05, 0) is 20.3 Å². The van der Waals surface area contributed by atoms with Gasteiger partial charge in [-0.1, -0.05) is 22.9 Å². The summed E-state index contributed by atoms with van der Waals surface area (Å²) in [6.07, 6.45) is 0.727. The number of alkyl halides is 1. The van der Waals surface area contributed by atoms with Gasteiger partial charge in [-0.3, -0.25) is 4.79 Å². The van der Waals surface area contributed by atoms with Crippen molar-refractivity contribution in [2.45, 2.75) is 37.6 Å². The van der Waals surface area contributed by atoms with E-state index in [1.807, 2.05) is 6.92 Å². The summed E-state index contributed by atoms with van der Waals surface area (Å²) in [6.45, 7) is 5.37. The summed E-state index contributed by atoms with van der Waals surface area (Å²) in [4.78, 5) is 12.9. The van der Waals surface area contributed by atoms with Gasteiger partial charge >= 0.3 is 0 Å². The number of carbonyl (C=O) groups excluding carboxylic acids is 1. The van der Waals surface area contributed by atoms with Gasteiger partial charge in [0.25, 0.3) is 0 Å². The monoisotopic (exact) mass is 246 g/mol. The summed E-state index contributed by atoms with van der Waals surface area (Å²) in [6, 6.07) is 2.09. The van der Waals surface area contributed by atoms with Gasteiger partial charge in [0.1, 0.15) is 5.54 Å². The first-order valence-corrected chi connectivity index (χ1v) is 5.11. The average Bonchev–Trinajstić information content (AvgIpc) is 2.14. The van der Waals surface area contributed by atoms with E-state index in [0.29, 0.717) is 0 Å². The molecule has 0 saturated carbocycles. The zero-order valence-electron chi connectivity index (χ0n) is 8.47. The van der Waals surface area contributed by atoms with E-state index >= 15 is 0 Å². The molecule has 0 heterocycles. The minimum atomic E-state index is -0.738. The van der Waals surface area contributed by atoms with Crippen LogP contribution in [0.2, 0.25) is 0 Å². The molecule has 74 valence electrons. The van der Waals surface area contributed by atoms with Crippen LogP contribution in [-0.2, 0) is 4.79 Å². The first-order chi connectivity index (χ1) is 5.86. The molecular formula is C9H15BrN2O. The van der Waals surface area contributed by atoms with Crippen molar-refractivity contribution in [3.8, 4) is 6.07 Å². The van der Waals surface area contributed by atoms with Crippen LogP contribution in [0.15, 0.2) is 0 Å². The number of nitrogens with zero attached hydrogens (tertiary/aromatic N) is 2. The smallest absolute Gasteiger partial charge is 0.237 e. The molecule has 0 bridgehead atoms. The van der Waals surface area contributed by atoms with Crippen LogP contribution in [0.5, 0.6) is 0 Å². The highest BCUT2D eigenvalue weighted by molar-refractivity contribution is 9.10. The van der Waals surface area contributed by atoms with E-state index in [1.54, 1.807) is 20.9 Å². The van der Waals surface area contributed by atoms with Crippen LogP contribution in [0.25, 0.3) is 0 Å². The largest absolute Gasteiger partial charge is 0.327 e. The number of rotatable bonds is 3. The summed E-state index contributed by atoms with van der Waals surface area (Å²) in [5.41, 5.74) is -0.738. The molecule has 1 unspecified atom stereocenters. The molecule has 0 aliphatic heterocycles. The summed E-state index contributed by atoms with van der Waals surface area (Å²) in [5.74, 6) is -0.0472.